The average molecular weight is 245 g/mol. The average Bonchev–Trinajstić information content (AvgIpc) is 2.39. The molecule has 18 heavy (non-hydrogen) atoms. The summed E-state index contributed by atoms with van der Waals surface area (Å²) in [5.74, 6) is 1.20. The van der Waals surface area contributed by atoms with Gasteiger partial charge in [-0.25, -0.2) is 0 Å². The molecule has 0 aliphatic carbocycles. The highest BCUT2D eigenvalue weighted by Gasteiger charge is 2.04. The number of para-hydroxylation sites is 2. The molecule has 0 aliphatic rings. The Morgan fingerprint density at radius 2 is 1.89 bits per heavy atom. The van der Waals surface area contributed by atoms with Gasteiger partial charge in [-0.2, -0.15) is 0 Å². The minimum Gasteiger partial charge on any atom is -0.504 e. The molecule has 2 aromatic carbocycles. The second-order valence-corrected chi connectivity index (χ2v) is 3.83. The topological polar surface area (TPSA) is 64.7 Å². The fraction of sp³-hybridized carbons (Fsp3) is 0.143. The van der Waals surface area contributed by atoms with Crippen molar-refractivity contribution in [2.24, 2.45) is 0 Å². The van der Waals surface area contributed by atoms with Crippen LogP contribution in [0, 0.1) is 0 Å². The predicted octanol–water partition coefficient (Wildman–Crippen LogP) is 2.56. The first-order valence-electron chi connectivity index (χ1n) is 5.54. The van der Waals surface area contributed by atoms with Crippen molar-refractivity contribution in [3.8, 4) is 17.2 Å². The monoisotopic (exact) mass is 245 g/mol. The Bertz CT molecular complexity index is 540. The predicted molar refractivity (Wildman–Crippen MR) is 69.8 cm³/mol. The van der Waals surface area contributed by atoms with Crippen LogP contribution < -0.4 is 15.2 Å². The van der Waals surface area contributed by atoms with Crippen LogP contribution in [0.3, 0.4) is 0 Å². The molecule has 0 spiro atoms. The molecule has 0 aromatic heterocycles. The molecular formula is C14H15NO3. The zero-order valence-electron chi connectivity index (χ0n) is 10.1. The largest absolute Gasteiger partial charge is 0.504 e. The number of nitrogen functional groups attached to an aromatic ring is 1. The SMILES string of the molecule is COc1cc(COc2ccccc2O)ccc1N. The van der Waals surface area contributed by atoms with E-state index in [1.807, 2.05) is 12.1 Å². The van der Waals surface area contributed by atoms with Gasteiger partial charge in [0.25, 0.3) is 0 Å². The maximum atomic E-state index is 9.56. The summed E-state index contributed by atoms with van der Waals surface area (Å²) in [5.41, 5.74) is 7.23. The number of benzene rings is 2. The lowest BCUT2D eigenvalue weighted by Crippen LogP contribution is -1.98. The molecule has 0 atom stereocenters. The fourth-order valence-corrected chi connectivity index (χ4v) is 1.59. The van der Waals surface area contributed by atoms with Gasteiger partial charge in [-0.05, 0) is 29.8 Å². The number of anilines is 1. The van der Waals surface area contributed by atoms with E-state index in [0.29, 0.717) is 23.8 Å². The number of methoxy groups -OCH3 is 1. The quantitative estimate of drug-likeness (QED) is 0.812. The van der Waals surface area contributed by atoms with Crippen LogP contribution in [0.5, 0.6) is 17.2 Å². The molecule has 2 rings (SSSR count). The van der Waals surface area contributed by atoms with Gasteiger partial charge in [0.05, 0.1) is 12.8 Å². The van der Waals surface area contributed by atoms with E-state index in [1.54, 1.807) is 37.4 Å². The summed E-state index contributed by atoms with van der Waals surface area (Å²) < 4.78 is 10.6. The highest BCUT2D eigenvalue weighted by molar-refractivity contribution is 5.53. The van der Waals surface area contributed by atoms with E-state index in [-0.39, 0.29) is 5.75 Å². The van der Waals surface area contributed by atoms with Crippen LogP contribution in [0.4, 0.5) is 5.69 Å². The molecule has 0 heterocycles. The summed E-state index contributed by atoms with van der Waals surface area (Å²) in [6.07, 6.45) is 0. The normalized spacial score (nSPS) is 10.1. The lowest BCUT2D eigenvalue weighted by atomic mass is 10.2. The van der Waals surface area contributed by atoms with Crippen LogP contribution in [0.2, 0.25) is 0 Å². The summed E-state index contributed by atoms with van der Waals surface area (Å²) >= 11 is 0. The molecule has 0 fully saturated rings. The van der Waals surface area contributed by atoms with E-state index in [9.17, 15) is 5.11 Å². The summed E-state index contributed by atoms with van der Waals surface area (Å²) in [6.45, 7) is 0.341. The number of hydrogen-bond acceptors (Lipinski definition) is 4. The Balaban J connectivity index is 2.09. The number of rotatable bonds is 4. The maximum Gasteiger partial charge on any atom is 0.161 e. The van der Waals surface area contributed by atoms with Gasteiger partial charge in [0.1, 0.15) is 12.4 Å². The van der Waals surface area contributed by atoms with Crippen LogP contribution in [0.15, 0.2) is 42.5 Å². The second-order valence-electron chi connectivity index (χ2n) is 3.83. The molecule has 0 unspecified atom stereocenters. The van der Waals surface area contributed by atoms with E-state index < -0.39 is 0 Å². The summed E-state index contributed by atoms with van der Waals surface area (Å²) in [6, 6.07) is 12.3. The van der Waals surface area contributed by atoms with Crippen molar-refractivity contribution in [1.82, 2.24) is 0 Å². The van der Waals surface area contributed by atoms with Crippen molar-refractivity contribution in [2.75, 3.05) is 12.8 Å². The van der Waals surface area contributed by atoms with Gasteiger partial charge in [-0.3, -0.25) is 0 Å². The zero-order valence-corrected chi connectivity index (χ0v) is 10.1. The van der Waals surface area contributed by atoms with Crippen LogP contribution >= 0.6 is 0 Å². The smallest absolute Gasteiger partial charge is 0.161 e. The van der Waals surface area contributed by atoms with E-state index >= 15 is 0 Å². The molecule has 0 saturated heterocycles. The molecule has 0 amide bonds. The van der Waals surface area contributed by atoms with Gasteiger partial charge in [0.2, 0.25) is 0 Å². The number of aromatic hydroxyl groups is 1. The Kier molecular flexibility index (Phi) is 3.57. The minimum absolute atomic E-state index is 0.125. The van der Waals surface area contributed by atoms with Crippen LogP contribution in [0.25, 0.3) is 0 Å². The van der Waals surface area contributed by atoms with Gasteiger partial charge in [-0.15, -0.1) is 0 Å². The number of phenols is 1. The van der Waals surface area contributed by atoms with Gasteiger partial charge in [0, 0.05) is 0 Å². The number of phenolic OH excluding ortho intramolecular Hbond substituents is 1. The lowest BCUT2D eigenvalue weighted by Gasteiger charge is -2.10. The molecular weight excluding hydrogens is 230 g/mol. The van der Waals surface area contributed by atoms with Crippen molar-refractivity contribution in [1.29, 1.82) is 0 Å². The molecule has 4 nitrogen and oxygen atoms in total. The molecule has 0 saturated carbocycles. The second kappa shape index (κ2) is 5.31. The number of ether oxygens (including phenoxy) is 2. The van der Waals surface area contributed by atoms with Crippen molar-refractivity contribution >= 4 is 5.69 Å². The Labute approximate surface area is 106 Å². The number of hydrogen-bond donors (Lipinski definition) is 2. The van der Waals surface area contributed by atoms with E-state index in [2.05, 4.69) is 0 Å². The summed E-state index contributed by atoms with van der Waals surface area (Å²) in [7, 11) is 1.57. The van der Waals surface area contributed by atoms with Gasteiger partial charge < -0.3 is 20.3 Å². The van der Waals surface area contributed by atoms with Gasteiger partial charge >= 0.3 is 0 Å². The lowest BCUT2D eigenvalue weighted by molar-refractivity contribution is 0.288. The zero-order chi connectivity index (χ0) is 13.0. The molecule has 0 radical (unpaired) electrons. The molecule has 4 heteroatoms. The first kappa shape index (κ1) is 12.1. The number of nitrogens with two attached hydrogens (primary N) is 1. The fourth-order valence-electron chi connectivity index (χ4n) is 1.59. The van der Waals surface area contributed by atoms with E-state index in [0.717, 1.165) is 5.56 Å². The molecule has 0 aliphatic heterocycles. The molecule has 2 aromatic rings. The molecule has 3 N–H and O–H groups in total. The molecule has 94 valence electrons. The van der Waals surface area contributed by atoms with Crippen molar-refractivity contribution in [3.05, 3.63) is 48.0 Å². The van der Waals surface area contributed by atoms with Crippen LogP contribution in [-0.4, -0.2) is 12.2 Å². The summed E-state index contributed by atoms with van der Waals surface area (Å²) in [4.78, 5) is 0. The third-order valence-electron chi connectivity index (χ3n) is 2.56. The van der Waals surface area contributed by atoms with Crippen molar-refractivity contribution in [3.63, 3.8) is 0 Å². The third-order valence-corrected chi connectivity index (χ3v) is 2.56. The maximum absolute atomic E-state index is 9.56. The summed E-state index contributed by atoms with van der Waals surface area (Å²) in [5, 5.41) is 9.56. The van der Waals surface area contributed by atoms with Crippen molar-refractivity contribution in [2.45, 2.75) is 6.61 Å². The van der Waals surface area contributed by atoms with E-state index in [1.165, 1.54) is 0 Å². The van der Waals surface area contributed by atoms with Gasteiger partial charge in [-0.1, -0.05) is 18.2 Å². The van der Waals surface area contributed by atoms with Crippen LogP contribution in [0.1, 0.15) is 5.56 Å². The van der Waals surface area contributed by atoms with E-state index in [4.69, 9.17) is 15.2 Å². The highest BCUT2D eigenvalue weighted by atomic mass is 16.5. The molecule has 0 bridgehead atoms. The Hall–Kier alpha value is -2.36. The first-order valence-corrected chi connectivity index (χ1v) is 5.54. The highest BCUT2D eigenvalue weighted by Crippen LogP contribution is 2.27. The third kappa shape index (κ3) is 2.66. The minimum atomic E-state index is 0.125. The van der Waals surface area contributed by atoms with Crippen LogP contribution in [-0.2, 0) is 6.61 Å². The van der Waals surface area contributed by atoms with Gasteiger partial charge in [0.15, 0.2) is 11.5 Å². The van der Waals surface area contributed by atoms with Crippen molar-refractivity contribution < 1.29 is 14.6 Å². The Morgan fingerprint density at radius 1 is 1.11 bits per heavy atom. The first-order chi connectivity index (χ1) is 8.70. The standard InChI is InChI=1S/C14H15NO3/c1-17-14-8-10(6-7-11(14)15)9-18-13-5-3-2-4-12(13)16/h2-8,16H,9,15H2,1H3. The Morgan fingerprint density at radius 3 is 2.61 bits per heavy atom.